The van der Waals surface area contributed by atoms with Gasteiger partial charge < -0.3 is 9.64 Å². The number of hydrogen-bond donors (Lipinski definition) is 0. The molecule has 0 spiro atoms. The summed E-state index contributed by atoms with van der Waals surface area (Å²) in [5, 5.41) is 9.72. The largest absolute Gasteiger partial charge is 0.372 e. The van der Waals surface area contributed by atoms with Crippen molar-refractivity contribution in [1.29, 1.82) is 5.26 Å². The summed E-state index contributed by atoms with van der Waals surface area (Å²) in [6.07, 6.45) is 2.54. The third-order valence-corrected chi connectivity index (χ3v) is 6.86. The fourth-order valence-electron chi connectivity index (χ4n) is 4.17. The molecule has 166 valence electrons. The number of ether oxygens (including phenoxy) is 1. The van der Waals surface area contributed by atoms with Gasteiger partial charge in [0.15, 0.2) is 0 Å². The summed E-state index contributed by atoms with van der Waals surface area (Å²) in [5.74, 6) is 0.602. The molecule has 7 nitrogen and oxygen atoms in total. The molecular formula is C22H28N4O3S2. The molecular weight excluding hydrogens is 432 g/mol. The van der Waals surface area contributed by atoms with Gasteiger partial charge in [-0.3, -0.25) is 19.1 Å². The first kappa shape index (κ1) is 23.5. The minimum atomic E-state index is -0.290. The van der Waals surface area contributed by atoms with E-state index in [4.69, 9.17) is 17.0 Å². The number of anilines is 1. The molecule has 1 aromatic rings. The first-order valence-electron chi connectivity index (χ1n) is 10.6. The maximum Gasteiger partial charge on any atom is 0.270 e. The molecule has 2 aliphatic rings. The molecule has 3 rings (SSSR count). The van der Waals surface area contributed by atoms with Gasteiger partial charge in [-0.1, -0.05) is 30.9 Å². The molecule has 0 radical (unpaired) electrons. The summed E-state index contributed by atoms with van der Waals surface area (Å²) < 4.78 is 8.10. The molecule has 1 aromatic heterocycles. The van der Waals surface area contributed by atoms with Gasteiger partial charge >= 0.3 is 0 Å². The monoisotopic (exact) mass is 460 g/mol. The number of morpholine rings is 1. The number of carbonyl (C=O) groups is 1. The number of rotatable bonds is 5. The van der Waals surface area contributed by atoms with E-state index in [9.17, 15) is 14.9 Å². The Kier molecular flexibility index (Phi) is 7.24. The molecule has 0 saturated carbocycles. The Balaban J connectivity index is 2.28. The van der Waals surface area contributed by atoms with Crippen LogP contribution in [0.3, 0.4) is 0 Å². The van der Waals surface area contributed by atoms with Crippen molar-refractivity contribution in [2.45, 2.75) is 59.8 Å². The van der Waals surface area contributed by atoms with E-state index in [1.807, 2.05) is 27.7 Å². The second-order valence-corrected chi connectivity index (χ2v) is 9.57. The van der Waals surface area contributed by atoms with Crippen LogP contribution >= 0.6 is 24.0 Å². The third-order valence-electron chi connectivity index (χ3n) is 5.48. The fraction of sp³-hybridized carbons (Fsp3) is 0.545. The Morgan fingerprint density at radius 3 is 2.42 bits per heavy atom. The predicted molar refractivity (Wildman–Crippen MR) is 128 cm³/mol. The van der Waals surface area contributed by atoms with Crippen molar-refractivity contribution in [2.24, 2.45) is 0 Å². The first-order valence-corrected chi connectivity index (χ1v) is 11.8. The Labute approximate surface area is 192 Å². The molecule has 2 atom stereocenters. The van der Waals surface area contributed by atoms with Gasteiger partial charge in [-0.2, -0.15) is 5.26 Å². The number of amides is 1. The van der Waals surface area contributed by atoms with Crippen LogP contribution in [0.4, 0.5) is 5.82 Å². The first-order chi connectivity index (χ1) is 14.7. The Hall–Kier alpha value is -2.15. The molecule has 0 aromatic carbocycles. The van der Waals surface area contributed by atoms with Crippen molar-refractivity contribution in [3.05, 3.63) is 31.9 Å². The number of carbonyl (C=O) groups excluding carboxylic acids is 1. The van der Waals surface area contributed by atoms with Crippen LogP contribution < -0.4 is 10.5 Å². The number of pyridine rings is 1. The van der Waals surface area contributed by atoms with E-state index in [2.05, 4.69) is 11.0 Å². The zero-order valence-corrected chi connectivity index (χ0v) is 20.2. The molecule has 0 bridgehead atoms. The Bertz CT molecular complexity index is 1030. The summed E-state index contributed by atoms with van der Waals surface area (Å²) in [4.78, 5) is 30.3. The fourth-order valence-corrected chi connectivity index (χ4v) is 5.54. The summed E-state index contributed by atoms with van der Waals surface area (Å²) in [5.41, 5.74) is 1.14. The van der Waals surface area contributed by atoms with Gasteiger partial charge in [0, 0.05) is 31.7 Å². The number of likely N-dealkylation sites (N-methyl/N-ethyl adjacent to an activating group) is 1. The number of hydrogen-bond acceptors (Lipinski definition) is 7. The van der Waals surface area contributed by atoms with Gasteiger partial charge in [-0.05, 0) is 45.8 Å². The van der Waals surface area contributed by atoms with Crippen molar-refractivity contribution < 1.29 is 9.53 Å². The molecule has 31 heavy (non-hydrogen) atoms. The van der Waals surface area contributed by atoms with Crippen molar-refractivity contribution in [3.63, 3.8) is 0 Å². The molecule has 2 saturated heterocycles. The lowest BCUT2D eigenvalue weighted by molar-refractivity contribution is -0.121. The highest BCUT2D eigenvalue weighted by atomic mass is 32.2. The molecule has 9 heteroatoms. The van der Waals surface area contributed by atoms with E-state index in [-0.39, 0.29) is 29.2 Å². The van der Waals surface area contributed by atoms with E-state index in [0.717, 1.165) is 17.8 Å². The van der Waals surface area contributed by atoms with E-state index in [1.165, 1.54) is 11.8 Å². The summed E-state index contributed by atoms with van der Waals surface area (Å²) in [6, 6.07) is 2.08. The van der Waals surface area contributed by atoms with Crippen LogP contribution in [0.25, 0.3) is 6.08 Å². The zero-order valence-electron chi connectivity index (χ0n) is 18.6. The van der Waals surface area contributed by atoms with Crippen LogP contribution in [0, 0.1) is 18.3 Å². The summed E-state index contributed by atoms with van der Waals surface area (Å²) >= 11 is 6.62. The average molecular weight is 461 g/mol. The quantitative estimate of drug-likeness (QED) is 0.493. The summed E-state index contributed by atoms with van der Waals surface area (Å²) in [7, 11) is 0. The lowest BCUT2D eigenvalue weighted by atomic mass is 10.0. The van der Waals surface area contributed by atoms with E-state index < -0.39 is 0 Å². The van der Waals surface area contributed by atoms with E-state index >= 15 is 0 Å². The highest BCUT2D eigenvalue weighted by Gasteiger charge is 2.33. The minimum absolute atomic E-state index is 0.00368. The number of nitriles is 1. The molecule has 0 aliphatic carbocycles. The number of aromatic nitrogens is 1. The van der Waals surface area contributed by atoms with Gasteiger partial charge in [0.05, 0.1) is 17.1 Å². The third kappa shape index (κ3) is 4.43. The number of thiocarbonyl (C=S) groups is 1. The standard InChI is InChI=1S/C22H28N4O3S2/c1-6-8-26-19(24-11-13(3)29-14(4)12-24)16(15(5)17(10-23)20(26)27)9-18-21(28)25(7-2)22(30)31-18/h9,13-14H,6-8,11-12H2,1-5H3/b18-9+. The molecule has 2 aliphatic heterocycles. The van der Waals surface area contributed by atoms with Crippen LogP contribution in [-0.4, -0.2) is 51.5 Å². The topological polar surface area (TPSA) is 78.6 Å². The smallest absolute Gasteiger partial charge is 0.270 e. The SMILES string of the molecule is CCCn1c(N2CC(C)OC(C)C2)c(/C=C2/SC(=S)N(CC)C2=O)c(C)c(C#N)c1=O. The van der Waals surface area contributed by atoms with Gasteiger partial charge in [0.1, 0.15) is 21.8 Å². The maximum atomic E-state index is 13.2. The van der Waals surface area contributed by atoms with Crippen LogP contribution in [0.1, 0.15) is 50.8 Å². The average Bonchev–Trinajstić information content (AvgIpc) is 2.97. The lowest BCUT2D eigenvalue weighted by Crippen LogP contribution is -2.48. The number of nitrogens with zero attached hydrogens (tertiary/aromatic N) is 4. The van der Waals surface area contributed by atoms with E-state index in [1.54, 1.807) is 22.5 Å². The van der Waals surface area contributed by atoms with Gasteiger partial charge in [0.25, 0.3) is 11.5 Å². The van der Waals surface area contributed by atoms with E-state index in [0.29, 0.717) is 41.0 Å². The zero-order chi connectivity index (χ0) is 22.9. The second-order valence-electron chi connectivity index (χ2n) is 7.89. The van der Waals surface area contributed by atoms with Crippen LogP contribution in [-0.2, 0) is 16.1 Å². The molecule has 1 amide bonds. The maximum absolute atomic E-state index is 13.2. The minimum Gasteiger partial charge on any atom is -0.372 e. The van der Waals surface area contributed by atoms with Crippen molar-refractivity contribution in [2.75, 3.05) is 24.5 Å². The van der Waals surface area contributed by atoms with Crippen LogP contribution in [0.5, 0.6) is 0 Å². The molecule has 0 N–H and O–H groups in total. The van der Waals surface area contributed by atoms with Gasteiger partial charge in [0.2, 0.25) is 0 Å². The highest BCUT2D eigenvalue weighted by molar-refractivity contribution is 8.26. The van der Waals surface area contributed by atoms with Crippen LogP contribution in [0.2, 0.25) is 0 Å². The number of thioether (sulfide) groups is 1. The van der Waals surface area contributed by atoms with Crippen LogP contribution in [0.15, 0.2) is 9.70 Å². The Morgan fingerprint density at radius 2 is 1.90 bits per heavy atom. The Morgan fingerprint density at radius 1 is 1.26 bits per heavy atom. The normalized spacial score (nSPS) is 23.0. The van der Waals surface area contributed by atoms with Gasteiger partial charge in [-0.15, -0.1) is 0 Å². The predicted octanol–water partition coefficient (Wildman–Crippen LogP) is 3.27. The lowest BCUT2D eigenvalue weighted by Gasteiger charge is -2.39. The molecule has 2 unspecified atom stereocenters. The molecule has 3 heterocycles. The van der Waals surface area contributed by atoms with Gasteiger partial charge in [-0.25, -0.2) is 0 Å². The molecule has 2 fully saturated rings. The summed E-state index contributed by atoms with van der Waals surface area (Å²) in [6.45, 7) is 11.9. The second kappa shape index (κ2) is 9.55. The highest BCUT2D eigenvalue weighted by Crippen LogP contribution is 2.36. The van der Waals surface area contributed by atoms with Crippen molar-refractivity contribution in [3.8, 4) is 6.07 Å². The van der Waals surface area contributed by atoms with Crippen molar-refractivity contribution in [1.82, 2.24) is 9.47 Å². The van der Waals surface area contributed by atoms with Crippen molar-refractivity contribution >= 4 is 46.1 Å².